The molecule has 0 unspecified atom stereocenters. The molecule has 2 aromatic heterocycles. The van der Waals surface area contributed by atoms with Crippen LogP contribution in [-0.2, 0) is 13.5 Å². The summed E-state index contributed by atoms with van der Waals surface area (Å²) in [6.45, 7) is 0. The first kappa shape index (κ1) is 11.5. The molecule has 2 rings (SSSR count). The molecule has 0 amide bonds. The number of aromatic nitrogens is 4. The average Bonchev–Trinajstić information content (AvgIpc) is 2.56. The number of nitrogens with one attached hydrogen (secondary N) is 1. The summed E-state index contributed by atoms with van der Waals surface area (Å²) in [4.78, 5) is 17.7. The monoisotopic (exact) mass is 226 g/mol. The maximum absolute atomic E-state index is 11.3. The van der Waals surface area contributed by atoms with Crippen LogP contribution in [0.5, 0.6) is 0 Å². The lowest BCUT2D eigenvalue weighted by Gasteiger charge is -1.94. The highest BCUT2D eigenvalue weighted by Gasteiger charge is 2.02. The number of aromatic amines is 1. The summed E-state index contributed by atoms with van der Waals surface area (Å²) < 4.78 is 1.71. The van der Waals surface area contributed by atoms with E-state index in [1.807, 2.05) is 13.2 Å². The fraction of sp³-hybridized carbons (Fsp3) is 0.222. The Morgan fingerprint density at radius 3 is 2.87 bits per heavy atom. The Hall–Kier alpha value is -1.62. The smallest absolute Gasteiger partial charge is 0.254 e. The first-order valence-corrected chi connectivity index (χ1v) is 4.25. The Labute approximate surface area is 92.6 Å². The zero-order valence-corrected chi connectivity index (χ0v) is 8.99. The Morgan fingerprint density at radius 1 is 1.47 bits per heavy atom. The quantitative estimate of drug-likeness (QED) is 0.812. The van der Waals surface area contributed by atoms with E-state index in [0.717, 1.165) is 5.56 Å². The van der Waals surface area contributed by atoms with Crippen LogP contribution in [0.2, 0.25) is 0 Å². The molecule has 0 atom stereocenters. The molecule has 0 aromatic carbocycles. The maximum Gasteiger partial charge on any atom is 0.254 e. The first-order valence-electron chi connectivity index (χ1n) is 4.25. The zero-order valence-electron chi connectivity index (χ0n) is 8.17. The number of hydrogen-bond donors (Lipinski definition) is 1. The van der Waals surface area contributed by atoms with Gasteiger partial charge in [0.25, 0.3) is 5.56 Å². The number of hydrogen-bond acceptors (Lipinski definition) is 3. The molecule has 80 valence electrons. The molecule has 2 aromatic rings. The van der Waals surface area contributed by atoms with Gasteiger partial charge < -0.3 is 4.98 Å². The molecule has 0 bridgehead atoms. The van der Waals surface area contributed by atoms with Crippen LogP contribution in [0.25, 0.3) is 0 Å². The van der Waals surface area contributed by atoms with E-state index in [1.54, 1.807) is 17.1 Å². The van der Waals surface area contributed by atoms with Gasteiger partial charge in [0.15, 0.2) is 0 Å². The predicted molar refractivity (Wildman–Crippen MR) is 58.1 cm³/mol. The second kappa shape index (κ2) is 4.75. The van der Waals surface area contributed by atoms with Gasteiger partial charge in [0.05, 0.1) is 12.5 Å². The Balaban J connectivity index is 0.00000112. The molecule has 6 heteroatoms. The van der Waals surface area contributed by atoms with Crippen molar-refractivity contribution in [2.75, 3.05) is 0 Å². The summed E-state index contributed by atoms with van der Waals surface area (Å²) in [6, 6.07) is 0. The molecule has 1 N–H and O–H groups in total. The lowest BCUT2D eigenvalue weighted by atomic mass is 10.1. The van der Waals surface area contributed by atoms with Crippen LogP contribution in [0.4, 0.5) is 0 Å². The maximum atomic E-state index is 11.3. The van der Waals surface area contributed by atoms with E-state index in [4.69, 9.17) is 0 Å². The fourth-order valence-corrected chi connectivity index (χ4v) is 1.28. The van der Waals surface area contributed by atoms with Crippen LogP contribution in [0.1, 0.15) is 11.1 Å². The number of halogens is 1. The normalized spacial score (nSPS) is 9.67. The van der Waals surface area contributed by atoms with Crippen molar-refractivity contribution in [3.05, 3.63) is 46.4 Å². The largest absolute Gasteiger partial charge is 0.313 e. The van der Waals surface area contributed by atoms with Crippen molar-refractivity contribution in [1.82, 2.24) is 19.7 Å². The number of H-pyrrole nitrogens is 1. The van der Waals surface area contributed by atoms with Gasteiger partial charge in [0, 0.05) is 31.4 Å². The molecule has 0 fully saturated rings. The highest BCUT2D eigenvalue weighted by atomic mass is 35.5. The number of aryl methyl sites for hydroxylation is 1. The van der Waals surface area contributed by atoms with Crippen molar-refractivity contribution in [1.29, 1.82) is 0 Å². The summed E-state index contributed by atoms with van der Waals surface area (Å²) in [6.07, 6.45) is 7.15. The van der Waals surface area contributed by atoms with Crippen LogP contribution in [0.3, 0.4) is 0 Å². The van der Waals surface area contributed by atoms with Crippen LogP contribution in [-0.4, -0.2) is 19.7 Å². The molecule has 2 heterocycles. The van der Waals surface area contributed by atoms with E-state index < -0.39 is 0 Å². The van der Waals surface area contributed by atoms with E-state index in [9.17, 15) is 4.79 Å². The van der Waals surface area contributed by atoms with Crippen LogP contribution in [0, 0.1) is 0 Å². The van der Waals surface area contributed by atoms with Gasteiger partial charge in [-0.1, -0.05) is 0 Å². The molecule has 0 saturated heterocycles. The molecular weight excluding hydrogens is 216 g/mol. The minimum atomic E-state index is -0.0937. The third-order valence-corrected chi connectivity index (χ3v) is 1.95. The lowest BCUT2D eigenvalue weighted by Crippen LogP contribution is -2.12. The SMILES string of the molecule is Cl.Cn1cc(Cc2cnc[nH]c2=O)cn1. The molecule has 5 nitrogen and oxygen atoms in total. The van der Waals surface area contributed by atoms with Crippen LogP contribution >= 0.6 is 12.4 Å². The molecule has 0 aliphatic carbocycles. The molecular formula is C9H11ClN4O. The first-order chi connectivity index (χ1) is 6.75. The van der Waals surface area contributed by atoms with E-state index in [-0.39, 0.29) is 18.0 Å². The minimum Gasteiger partial charge on any atom is -0.313 e. The van der Waals surface area contributed by atoms with E-state index in [1.165, 1.54) is 6.33 Å². The fourth-order valence-electron chi connectivity index (χ4n) is 1.28. The van der Waals surface area contributed by atoms with Crippen molar-refractivity contribution in [2.45, 2.75) is 6.42 Å². The summed E-state index contributed by atoms with van der Waals surface area (Å²) in [5, 5.41) is 4.03. The average molecular weight is 227 g/mol. The van der Waals surface area contributed by atoms with Gasteiger partial charge >= 0.3 is 0 Å². The third kappa shape index (κ3) is 2.66. The zero-order chi connectivity index (χ0) is 9.97. The van der Waals surface area contributed by atoms with Crippen LogP contribution in [0.15, 0.2) is 29.7 Å². The second-order valence-corrected chi connectivity index (χ2v) is 3.10. The van der Waals surface area contributed by atoms with Gasteiger partial charge in [-0.25, -0.2) is 4.98 Å². The van der Waals surface area contributed by atoms with Gasteiger partial charge in [-0.05, 0) is 5.56 Å². The van der Waals surface area contributed by atoms with Gasteiger partial charge in [-0.3, -0.25) is 9.48 Å². The van der Waals surface area contributed by atoms with Crippen molar-refractivity contribution in [3.8, 4) is 0 Å². The molecule has 0 spiro atoms. The minimum absolute atomic E-state index is 0. The van der Waals surface area contributed by atoms with Gasteiger partial charge in [-0.15, -0.1) is 12.4 Å². The highest BCUT2D eigenvalue weighted by Crippen LogP contribution is 2.02. The molecule has 0 radical (unpaired) electrons. The molecule has 0 saturated carbocycles. The summed E-state index contributed by atoms with van der Waals surface area (Å²) in [5.74, 6) is 0. The lowest BCUT2D eigenvalue weighted by molar-refractivity contribution is 0.767. The van der Waals surface area contributed by atoms with Gasteiger partial charge in [0.1, 0.15) is 0 Å². The van der Waals surface area contributed by atoms with E-state index in [0.29, 0.717) is 12.0 Å². The van der Waals surface area contributed by atoms with Crippen LogP contribution < -0.4 is 5.56 Å². The van der Waals surface area contributed by atoms with Crippen molar-refractivity contribution >= 4 is 12.4 Å². The molecule has 0 aliphatic rings. The second-order valence-electron chi connectivity index (χ2n) is 3.10. The molecule has 0 aliphatic heterocycles. The summed E-state index contributed by atoms with van der Waals surface area (Å²) in [7, 11) is 1.84. The van der Waals surface area contributed by atoms with Crippen molar-refractivity contribution in [2.24, 2.45) is 7.05 Å². The highest BCUT2D eigenvalue weighted by molar-refractivity contribution is 5.85. The van der Waals surface area contributed by atoms with E-state index in [2.05, 4.69) is 15.1 Å². The van der Waals surface area contributed by atoms with Gasteiger partial charge in [-0.2, -0.15) is 5.10 Å². The predicted octanol–water partition coefficient (Wildman–Crippen LogP) is 0.516. The summed E-state index contributed by atoms with van der Waals surface area (Å²) >= 11 is 0. The standard InChI is InChI=1S/C9H10N4O.ClH/c1-13-5-7(3-12-13)2-8-4-10-6-11-9(8)14;/h3-6H,2H2,1H3,(H,10,11,14);1H. The number of nitrogens with zero attached hydrogens (tertiary/aromatic N) is 3. The molecule has 15 heavy (non-hydrogen) atoms. The number of rotatable bonds is 2. The Morgan fingerprint density at radius 2 is 2.27 bits per heavy atom. The third-order valence-electron chi connectivity index (χ3n) is 1.95. The summed E-state index contributed by atoms with van der Waals surface area (Å²) in [5.41, 5.74) is 1.57. The Kier molecular flexibility index (Phi) is 3.62. The topological polar surface area (TPSA) is 63.6 Å². The Bertz CT molecular complexity index is 491. The van der Waals surface area contributed by atoms with Crippen molar-refractivity contribution < 1.29 is 0 Å². The van der Waals surface area contributed by atoms with Gasteiger partial charge in [0.2, 0.25) is 0 Å². The van der Waals surface area contributed by atoms with Crippen molar-refractivity contribution in [3.63, 3.8) is 0 Å². The van der Waals surface area contributed by atoms with E-state index >= 15 is 0 Å².